The summed E-state index contributed by atoms with van der Waals surface area (Å²) in [6, 6.07) is 10.1. The molecule has 2 N–H and O–H groups in total. The first kappa shape index (κ1) is 19.9. The number of likely N-dealkylation sites (N-methyl/N-ethyl adjacent to an activating group) is 1. The van der Waals surface area contributed by atoms with Gasteiger partial charge < -0.3 is 19.6 Å². The number of aromatic amines is 1. The van der Waals surface area contributed by atoms with Gasteiger partial charge in [0.15, 0.2) is 0 Å². The molecule has 1 atom stereocenters. The molecule has 0 aliphatic carbocycles. The van der Waals surface area contributed by atoms with Gasteiger partial charge in [-0.3, -0.25) is 4.79 Å². The van der Waals surface area contributed by atoms with Gasteiger partial charge in [0.05, 0.1) is 0 Å². The van der Waals surface area contributed by atoms with E-state index in [2.05, 4.69) is 16.4 Å². The third-order valence-electron chi connectivity index (χ3n) is 5.18. The van der Waals surface area contributed by atoms with Crippen LogP contribution in [0.5, 0.6) is 0 Å². The average molecular weight is 381 g/mol. The van der Waals surface area contributed by atoms with E-state index in [1.165, 1.54) is 10.9 Å². The Hall–Kier alpha value is -2.86. The fourth-order valence-corrected chi connectivity index (χ4v) is 3.18. The van der Waals surface area contributed by atoms with E-state index in [0.29, 0.717) is 24.3 Å². The lowest BCUT2D eigenvalue weighted by Crippen LogP contribution is -2.39. The molecule has 6 nitrogen and oxygen atoms in total. The molecule has 0 saturated carbocycles. The van der Waals surface area contributed by atoms with E-state index in [0.717, 1.165) is 11.9 Å². The Morgan fingerprint density at radius 1 is 1.25 bits per heavy atom. The zero-order chi connectivity index (χ0) is 20.3. The third-order valence-corrected chi connectivity index (χ3v) is 5.18. The topological polar surface area (TPSA) is 78.3 Å². The van der Waals surface area contributed by atoms with Gasteiger partial charge in [0.1, 0.15) is 11.3 Å². The first-order valence-corrected chi connectivity index (χ1v) is 9.50. The van der Waals surface area contributed by atoms with Gasteiger partial charge in [-0.05, 0) is 57.6 Å². The Morgan fingerprint density at radius 2 is 2.00 bits per heavy atom. The number of carbonyl (C=O) groups is 1. The third kappa shape index (κ3) is 4.34. The number of nitrogens with zero attached hydrogens (tertiary/aromatic N) is 1. The standard InChI is InChI=1S/C22H27N3O3/c1-14-11-17(10-9-16-13-23-19-8-6-5-7-18(16)19)28-22(27)20(14)21(26)24-12-15(2)25(3)4/h5-8,11,13,15,23H,9-10,12H2,1-4H3,(H,24,26). The second-order valence-electron chi connectivity index (χ2n) is 7.44. The van der Waals surface area contributed by atoms with Gasteiger partial charge in [0.2, 0.25) is 0 Å². The number of aromatic nitrogens is 1. The largest absolute Gasteiger partial charge is 0.427 e. The molecular weight excluding hydrogens is 354 g/mol. The second kappa shape index (κ2) is 8.44. The summed E-state index contributed by atoms with van der Waals surface area (Å²) in [6.45, 7) is 4.24. The maximum absolute atomic E-state index is 12.4. The summed E-state index contributed by atoms with van der Waals surface area (Å²) in [6.07, 6.45) is 3.33. The smallest absolute Gasteiger partial charge is 0.349 e. The number of carbonyl (C=O) groups excluding carboxylic acids is 1. The van der Waals surface area contributed by atoms with E-state index in [1.807, 2.05) is 50.3 Å². The molecule has 1 aromatic carbocycles. The lowest BCUT2D eigenvalue weighted by atomic mass is 10.1. The normalized spacial score (nSPS) is 12.5. The van der Waals surface area contributed by atoms with Crippen LogP contribution in [0.3, 0.4) is 0 Å². The van der Waals surface area contributed by atoms with Crippen LogP contribution in [-0.2, 0) is 12.8 Å². The van der Waals surface area contributed by atoms with Crippen molar-refractivity contribution < 1.29 is 9.21 Å². The van der Waals surface area contributed by atoms with Crippen molar-refractivity contribution in [2.24, 2.45) is 0 Å². The molecule has 0 aliphatic rings. The van der Waals surface area contributed by atoms with Gasteiger partial charge in [0.25, 0.3) is 5.91 Å². The van der Waals surface area contributed by atoms with Gasteiger partial charge in [-0.2, -0.15) is 0 Å². The summed E-state index contributed by atoms with van der Waals surface area (Å²) < 4.78 is 5.44. The highest BCUT2D eigenvalue weighted by Crippen LogP contribution is 2.19. The number of aryl methyl sites for hydroxylation is 3. The van der Waals surface area contributed by atoms with Gasteiger partial charge in [-0.1, -0.05) is 18.2 Å². The predicted molar refractivity (Wildman–Crippen MR) is 111 cm³/mol. The highest BCUT2D eigenvalue weighted by Gasteiger charge is 2.18. The molecule has 2 heterocycles. The van der Waals surface area contributed by atoms with E-state index in [1.54, 1.807) is 13.0 Å². The van der Waals surface area contributed by atoms with E-state index in [4.69, 9.17) is 4.42 Å². The lowest BCUT2D eigenvalue weighted by Gasteiger charge is -2.20. The minimum absolute atomic E-state index is 0.0850. The van der Waals surface area contributed by atoms with Crippen molar-refractivity contribution in [1.29, 1.82) is 0 Å². The summed E-state index contributed by atoms with van der Waals surface area (Å²) in [4.78, 5) is 30.1. The monoisotopic (exact) mass is 381 g/mol. The Labute approximate surface area is 164 Å². The maximum atomic E-state index is 12.4. The molecule has 1 amide bonds. The number of para-hydroxylation sites is 1. The SMILES string of the molecule is Cc1cc(CCc2c[nH]c3ccccc23)oc(=O)c1C(=O)NCC(C)N(C)C. The van der Waals surface area contributed by atoms with Crippen LogP contribution in [0, 0.1) is 6.92 Å². The number of hydrogen-bond acceptors (Lipinski definition) is 4. The summed E-state index contributed by atoms with van der Waals surface area (Å²) in [5.41, 5.74) is 2.41. The van der Waals surface area contributed by atoms with Crippen molar-refractivity contribution in [3.05, 3.63) is 69.4 Å². The van der Waals surface area contributed by atoms with Gasteiger partial charge in [0, 0.05) is 36.1 Å². The van der Waals surface area contributed by atoms with Crippen LogP contribution in [0.15, 0.2) is 45.7 Å². The summed E-state index contributed by atoms with van der Waals surface area (Å²) in [5, 5.41) is 3.98. The van der Waals surface area contributed by atoms with Crippen LogP contribution >= 0.6 is 0 Å². The van der Waals surface area contributed by atoms with Crippen LogP contribution in [0.1, 0.15) is 34.2 Å². The Bertz CT molecular complexity index is 1030. The molecule has 2 aromatic heterocycles. The molecule has 6 heteroatoms. The van der Waals surface area contributed by atoms with E-state index in [9.17, 15) is 9.59 Å². The lowest BCUT2D eigenvalue weighted by molar-refractivity contribution is 0.0938. The van der Waals surface area contributed by atoms with Crippen molar-refractivity contribution in [2.75, 3.05) is 20.6 Å². The van der Waals surface area contributed by atoms with E-state index in [-0.39, 0.29) is 17.5 Å². The Balaban J connectivity index is 1.71. The zero-order valence-corrected chi connectivity index (χ0v) is 16.8. The number of nitrogens with one attached hydrogen (secondary N) is 2. The molecule has 0 radical (unpaired) electrons. The minimum Gasteiger partial charge on any atom is -0.427 e. The van der Waals surface area contributed by atoms with Gasteiger partial charge >= 0.3 is 5.63 Å². The second-order valence-corrected chi connectivity index (χ2v) is 7.44. The summed E-state index contributed by atoms with van der Waals surface area (Å²) >= 11 is 0. The summed E-state index contributed by atoms with van der Waals surface area (Å²) in [7, 11) is 3.89. The summed E-state index contributed by atoms with van der Waals surface area (Å²) in [5.74, 6) is 0.203. The van der Waals surface area contributed by atoms with Crippen LogP contribution in [0.4, 0.5) is 0 Å². The number of H-pyrrole nitrogens is 1. The molecule has 0 aliphatic heterocycles. The van der Waals surface area contributed by atoms with E-state index < -0.39 is 5.63 Å². The highest BCUT2D eigenvalue weighted by molar-refractivity contribution is 5.95. The molecule has 0 spiro atoms. The number of amides is 1. The molecule has 0 saturated heterocycles. The average Bonchev–Trinajstić information content (AvgIpc) is 3.07. The van der Waals surface area contributed by atoms with Gasteiger partial charge in [-0.15, -0.1) is 0 Å². The maximum Gasteiger partial charge on any atom is 0.349 e. The predicted octanol–water partition coefficient (Wildman–Crippen LogP) is 2.89. The van der Waals surface area contributed by atoms with Crippen molar-refractivity contribution in [3.8, 4) is 0 Å². The van der Waals surface area contributed by atoms with Crippen molar-refractivity contribution in [2.45, 2.75) is 32.7 Å². The Morgan fingerprint density at radius 3 is 2.71 bits per heavy atom. The minimum atomic E-state index is -0.580. The number of benzene rings is 1. The fourth-order valence-electron chi connectivity index (χ4n) is 3.18. The number of fused-ring (bicyclic) bond motifs is 1. The quantitative estimate of drug-likeness (QED) is 0.660. The Kier molecular flexibility index (Phi) is 5.99. The van der Waals surface area contributed by atoms with E-state index >= 15 is 0 Å². The fraction of sp³-hybridized carbons (Fsp3) is 0.364. The van der Waals surface area contributed by atoms with Crippen molar-refractivity contribution >= 4 is 16.8 Å². The van der Waals surface area contributed by atoms with Crippen LogP contribution in [0.25, 0.3) is 10.9 Å². The van der Waals surface area contributed by atoms with Crippen molar-refractivity contribution in [1.82, 2.24) is 15.2 Å². The molecular formula is C22H27N3O3. The molecule has 3 rings (SSSR count). The van der Waals surface area contributed by atoms with Crippen LogP contribution in [0.2, 0.25) is 0 Å². The first-order chi connectivity index (χ1) is 13.4. The zero-order valence-electron chi connectivity index (χ0n) is 16.8. The molecule has 148 valence electrons. The van der Waals surface area contributed by atoms with Crippen LogP contribution in [-0.4, -0.2) is 42.5 Å². The van der Waals surface area contributed by atoms with Crippen LogP contribution < -0.4 is 10.9 Å². The van der Waals surface area contributed by atoms with Gasteiger partial charge in [-0.25, -0.2) is 4.79 Å². The first-order valence-electron chi connectivity index (χ1n) is 9.50. The number of rotatable bonds is 7. The molecule has 0 fully saturated rings. The van der Waals surface area contributed by atoms with Crippen molar-refractivity contribution in [3.63, 3.8) is 0 Å². The molecule has 28 heavy (non-hydrogen) atoms. The number of hydrogen-bond donors (Lipinski definition) is 2. The molecule has 3 aromatic rings. The molecule has 0 bridgehead atoms. The molecule has 1 unspecified atom stereocenters. The highest BCUT2D eigenvalue weighted by atomic mass is 16.4.